The molecule has 9 heteroatoms. The van der Waals surface area contributed by atoms with Gasteiger partial charge in [0.25, 0.3) is 0 Å². The Balaban J connectivity index is 1.20. The normalized spacial score (nSPS) is 16.1. The van der Waals surface area contributed by atoms with Crippen LogP contribution in [0.4, 0.5) is 10.6 Å². The van der Waals surface area contributed by atoms with Crippen LogP contribution in [0.15, 0.2) is 42.6 Å². The predicted molar refractivity (Wildman–Crippen MR) is 137 cm³/mol. The number of ether oxygens (including phenoxy) is 1. The van der Waals surface area contributed by atoms with E-state index in [-0.39, 0.29) is 12.6 Å². The van der Waals surface area contributed by atoms with Gasteiger partial charge in [-0.05, 0) is 61.1 Å². The molecule has 2 aromatic heterocycles. The second-order valence-corrected chi connectivity index (χ2v) is 9.34. The van der Waals surface area contributed by atoms with E-state index in [0.29, 0.717) is 36.5 Å². The van der Waals surface area contributed by atoms with Gasteiger partial charge in [0, 0.05) is 50.0 Å². The van der Waals surface area contributed by atoms with Crippen LogP contribution < -0.4 is 10.1 Å². The number of rotatable bonds is 9. The number of anilines is 1. The van der Waals surface area contributed by atoms with Gasteiger partial charge in [-0.3, -0.25) is 9.78 Å². The topological polar surface area (TPSA) is 108 Å². The van der Waals surface area contributed by atoms with Gasteiger partial charge >= 0.3 is 12.0 Å². The number of hydrogen-bond acceptors (Lipinski definition) is 6. The highest BCUT2D eigenvalue weighted by molar-refractivity contribution is 5.87. The maximum atomic E-state index is 13.0. The molecule has 2 amide bonds. The Labute approximate surface area is 210 Å². The van der Waals surface area contributed by atoms with Crippen molar-refractivity contribution in [3.05, 3.63) is 59.4 Å². The second kappa shape index (κ2) is 10.4. The summed E-state index contributed by atoms with van der Waals surface area (Å²) in [5, 5.41) is 14.1. The number of amides is 2. The van der Waals surface area contributed by atoms with Gasteiger partial charge in [0.2, 0.25) is 0 Å². The van der Waals surface area contributed by atoms with Crippen LogP contribution in [0.5, 0.6) is 5.75 Å². The number of aliphatic carboxylic acids is 1. The molecule has 4 heterocycles. The Morgan fingerprint density at radius 3 is 2.89 bits per heavy atom. The number of urea groups is 1. The lowest BCUT2D eigenvalue weighted by Gasteiger charge is -2.22. The van der Waals surface area contributed by atoms with Gasteiger partial charge in [-0.25, -0.2) is 9.78 Å². The highest BCUT2D eigenvalue weighted by atomic mass is 16.5. The molecule has 0 aliphatic carbocycles. The average Bonchev–Trinajstić information content (AvgIpc) is 3.25. The van der Waals surface area contributed by atoms with Gasteiger partial charge in [0.15, 0.2) is 0 Å². The van der Waals surface area contributed by atoms with Crippen LogP contribution in [0, 0.1) is 0 Å². The number of nitrogens with one attached hydrogen (secondary N) is 1. The van der Waals surface area contributed by atoms with E-state index < -0.39 is 11.9 Å². The highest BCUT2D eigenvalue weighted by Gasteiger charge is 2.32. The first-order chi connectivity index (χ1) is 17.5. The summed E-state index contributed by atoms with van der Waals surface area (Å²) in [4.78, 5) is 37.7. The van der Waals surface area contributed by atoms with Crippen LogP contribution in [0.2, 0.25) is 0 Å². The zero-order valence-corrected chi connectivity index (χ0v) is 20.4. The predicted octanol–water partition coefficient (Wildman–Crippen LogP) is 3.54. The Hall–Kier alpha value is -3.88. The molecule has 0 unspecified atom stereocenters. The Kier molecular flexibility index (Phi) is 6.88. The van der Waals surface area contributed by atoms with Crippen LogP contribution in [0.3, 0.4) is 0 Å². The number of carboxylic acids is 1. The minimum atomic E-state index is -0.962. The van der Waals surface area contributed by atoms with Crippen molar-refractivity contribution in [1.29, 1.82) is 0 Å². The van der Waals surface area contributed by atoms with Crippen LogP contribution in [0.25, 0.3) is 10.9 Å². The maximum absolute atomic E-state index is 13.0. The molecule has 9 nitrogen and oxygen atoms in total. The van der Waals surface area contributed by atoms with E-state index in [1.165, 1.54) is 5.56 Å². The minimum absolute atomic E-state index is 0.109. The summed E-state index contributed by atoms with van der Waals surface area (Å²) in [6.07, 6.45) is 5.44. The van der Waals surface area contributed by atoms with Crippen molar-refractivity contribution < 1.29 is 19.4 Å². The number of pyridine rings is 2. The number of methoxy groups -OCH3 is 1. The summed E-state index contributed by atoms with van der Waals surface area (Å²) in [7, 11) is 1.59. The summed E-state index contributed by atoms with van der Waals surface area (Å²) >= 11 is 0. The van der Waals surface area contributed by atoms with Gasteiger partial charge in [-0.1, -0.05) is 12.1 Å². The van der Waals surface area contributed by atoms with E-state index >= 15 is 0 Å². The summed E-state index contributed by atoms with van der Waals surface area (Å²) < 4.78 is 5.37. The Morgan fingerprint density at radius 1 is 1.19 bits per heavy atom. The van der Waals surface area contributed by atoms with Crippen molar-refractivity contribution in [2.45, 2.75) is 31.6 Å². The molecule has 36 heavy (non-hydrogen) atoms. The lowest BCUT2D eigenvalue weighted by atomic mass is 9.97. The van der Waals surface area contributed by atoms with Crippen molar-refractivity contribution in [1.82, 2.24) is 19.8 Å². The lowest BCUT2D eigenvalue weighted by molar-refractivity contribution is -0.139. The number of aromatic nitrogens is 2. The summed E-state index contributed by atoms with van der Waals surface area (Å²) in [6.45, 7) is 2.82. The lowest BCUT2D eigenvalue weighted by Crippen LogP contribution is -2.36. The molecule has 1 saturated heterocycles. The molecular formula is C27H31N5O4. The number of aryl methyl sites for hydroxylation is 2. The summed E-state index contributed by atoms with van der Waals surface area (Å²) in [5.41, 5.74) is 3.58. The molecule has 0 spiro atoms. The van der Waals surface area contributed by atoms with E-state index in [1.54, 1.807) is 36.4 Å². The number of carboxylic acid groups (broad SMARTS) is 1. The molecule has 1 aromatic carbocycles. The summed E-state index contributed by atoms with van der Waals surface area (Å²) in [6, 6.07) is 11.3. The van der Waals surface area contributed by atoms with E-state index in [2.05, 4.69) is 22.4 Å². The monoisotopic (exact) mass is 489 g/mol. The van der Waals surface area contributed by atoms with E-state index in [9.17, 15) is 14.7 Å². The molecule has 0 saturated carbocycles. The van der Waals surface area contributed by atoms with E-state index in [0.717, 1.165) is 49.1 Å². The maximum Gasteiger partial charge on any atom is 0.320 e. The first kappa shape index (κ1) is 23.8. The molecule has 1 fully saturated rings. The van der Waals surface area contributed by atoms with Crippen molar-refractivity contribution in [2.24, 2.45) is 0 Å². The molecule has 0 bridgehead atoms. The van der Waals surface area contributed by atoms with Crippen LogP contribution in [0.1, 0.15) is 35.6 Å². The molecule has 2 aliphatic rings. The van der Waals surface area contributed by atoms with Gasteiger partial charge in [-0.2, -0.15) is 0 Å². The Morgan fingerprint density at radius 2 is 2.06 bits per heavy atom. The minimum Gasteiger partial charge on any atom is -0.496 e. The van der Waals surface area contributed by atoms with E-state index in [1.807, 2.05) is 11.0 Å². The molecule has 0 radical (unpaired) electrons. The summed E-state index contributed by atoms with van der Waals surface area (Å²) in [5.74, 6) is -0.121. The van der Waals surface area contributed by atoms with Crippen molar-refractivity contribution in [3.63, 3.8) is 0 Å². The third-order valence-corrected chi connectivity index (χ3v) is 7.04. The third kappa shape index (κ3) is 4.91. The SMILES string of the molecule is COc1ccnc2cc([C@H](CN3CCN(CCCc4ccc5c(n4)NCCC5)C3=O)C(=O)O)ccc12. The second-order valence-electron chi connectivity index (χ2n) is 9.34. The molecule has 5 rings (SSSR count). The molecule has 2 N–H and O–H groups in total. The zero-order chi connectivity index (χ0) is 25.1. The number of fused-ring (bicyclic) bond motifs is 2. The van der Waals surface area contributed by atoms with Gasteiger partial charge in [0.1, 0.15) is 11.6 Å². The van der Waals surface area contributed by atoms with Gasteiger partial charge in [0.05, 0.1) is 18.5 Å². The fraction of sp³-hybridized carbons (Fsp3) is 0.407. The van der Waals surface area contributed by atoms with E-state index in [4.69, 9.17) is 9.72 Å². The first-order valence-electron chi connectivity index (χ1n) is 12.5. The zero-order valence-electron chi connectivity index (χ0n) is 20.4. The molecule has 1 atom stereocenters. The number of hydrogen-bond donors (Lipinski definition) is 2. The van der Waals surface area contributed by atoms with Gasteiger partial charge in [-0.15, -0.1) is 0 Å². The van der Waals surface area contributed by atoms with Crippen molar-refractivity contribution in [3.8, 4) is 5.75 Å². The average molecular weight is 490 g/mol. The number of benzene rings is 1. The van der Waals surface area contributed by atoms with Crippen LogP contribution in [-0.2, 0) is 17.6 Å². The fourth-order valence-corrected chi connectivity index (χ4v) is 5.05. The third-order valence-electron chi connectivity index (χ3n) is 7.04. The molecule has 188 valence electrons. The number of nitrogens with zero attached hydrogens (tertiary/aromatic N) is 4. The van der Waals surface area contributed by atoms with Gasteiger partial charge < -0.3 is 25.0 Å². The van der Waals surface area contributed by atoms with Crippen molar-refractivity contribution >= 4 is 28.7 Å². The largest absolute Gasteiger partial charge is 0.496 e. The first-order valence-corrected chi connectivity index (χ1v) is 12.5. The van der Waals surface area contributed by atoms with Crippen LogP contribution >= 0.6 is 0 Å². The number of carbonyl (C=O) groups is 2. The quantitative estimate of drug-likeness (QED) is 0.473. The van der Waals surface area contributed by atoms with Crippen LogP contribution in [-0.4, -0.2) is 76.7 Å². The molecule has 2 aliphatic heterocycles. The standard InChI is InChI=1S/C27H31N5O4/c1-36-24-10-12-28-23-16-19(7-9-21(23)24)22(26(33)34)17-32-15-14-31(27(32)35)13-3-5-20-8-6-18-4-2-11-29-25(18)30-20/h6-10,12,16,22H,2-5,11,13-15,17H2,1H3,(H,29,30)(H,33,34)/t22-/m0/s1. The smallest absolute Gasteiger partial charge is 0.320 e. The highest BCUT2D eigenvalue weighted by Crippen LogP contribution is 2.28. The molecule has 3 aromatic rings. The Bertz CT molecular complexity index is 1280. The number of carbonyl (C=O) groups excluding carboxylic acids is 1. The molecular weight excluding hydrogens is 458 g/mol. The van der Waals surface area contributed by atoms with Crippen molar-refractivity contribution in [2.75, 3.05) is 45.2 Å². The fourth-order valence-electron chi connectivity index (χ4n) is 5.05.